The zero-order chi connectivity index (χ0) is 45.8. The molecule has 0 aliphatic heterocycles. The van der Waals surface area contributed by atoms with E-state index in [-0.39, 0.29) is 18.5 Å². The van der Waals surface area contributed by atoms with Crippen molar-refractivity contribution in [2.24, 2.45) is 0 Å². The predicted octanol–water partition coefficient (Wildman–Crippen LogP) is 17.3. The number of rotatable bonds is 53. The van der Waals surface area contributed by atoms with Crippen molar-refractivity contribution in [1.29, 1.82) is 0 Å². The van der Waals surface area contributed by atoms with Crippen LogP contribution in [0.3, 0.4) is 0 Å². The molecule has 0 saturated carbocycles. The molecule has 3 N–H and O–H groups in total. The molecule has 0 aliphatic rings. The number of nitrogens with one attached hydrogen (secondary N) is 1. The lowest BCUT2D eigenvalue weighted by molar-refractivity contribution is -0.143. The van der Waals surface area contributed by atoms with Crippen LogP contribution >= 0.6 is 0 Å². The zero-order valence-electron chi connectivity index (χ0n) is 42.6. The van der Waals surface area contributed by atoms with Crippen molar-refractivity contribution in [1.82, 2.24) is 5.32 Å². The van der Waals surface area contributed by atoms with Gasteiger partial charge >= 0.3 is 5.97 Å². The lowest BCUT2D eigenvalue weighted by atomic mass is 10.0. The van der Waals surface area contributed by atoms with Gasteiger partial charge in [-0.1, -0.05) is 270 Å². The quantitative estimate of drug-likeness (QED) is 0.0321. The zero-order valence-corrected chi connectivity index (χ0v) is 42.6. The van der Waals surface area contributed by atoms with Crippen molar-refractivity contribution < 1.29 is 24.5 Å². The van der Waals surface area contributed by atoms with Crippen molar-refractivity contribution in [3.8, 4) is 0 Å². The van der Waals surface area contributed by atoms with Crippen molar-refractivity contribution in [2.75, 3.05) is 13.2 Å². The first-order chi connectivity index (χ1) is 31.0. The second kappa shape index (κ2) is 53.2. The minimum absolute atomic E-state index is 0.0193. The van der Waals surface area contributed by atoms with E-state index in [1.54, 1.807) is 0 Å². The van der Waals surface area contributed by atoms with E-state index >= 15 is 0 Å². The fourth-order valence-electron chi connectivity index (χ4n) is 8.92. The molecule has 2 unspecified atom stereocenters. The number of carbonyl (C=O) groups is 2. The molecule has 0 aromatic heterocycles. The van der Waals surface area contributed by atoms with Crippen LogP contribution < -0.4 is 5.32 Å². The van der Waals surface area contributed by atoms with Crippen molar-refractivity contribution in [3.63, 3.8) is 0 Å². The maximum Gasteiger partial charge on any atom is 0.305 e. The Morgan fingerprint density at radius 2 is 0.762 bits per heavy atom. The summed E-state index contributed by atoms with van der Waals surface area (Å²) in [6.45, 7) is 4.90. The molecule has 0 heterocycles. The number of ether oxygens (including phenoxy) is 1. The van der Waals surface area contributed by atoms with E-state index in [1.807, 2.05) is 0 Å². The molecule has 6 heteroatoms. The summed E-state index contributed by atoms with van der Waals surface area (Å²) in [5.41, 5.74) is 0. The Hall–Kier alpha value is -1.40. The number of aliphatic hydroxyl groups is 2. The number of carbonyl (C=O) groups excluding carboxylic acids is 2. The second-order valence-corrected chi connectivity index (χ2v) is 19.6. The van der Waals surface area contributed by atoms with Crippen LogP contribution in [0.2, 0.25) is 0 Å². The number of hydrogen-bond acceptors (Lipinski definition) is 5. The molecule has 0 fully saturated rings. The molecule has 0 rings (SSSR count). The van der Waals surface area contributed by atoms with E-state index in [0.29, 0.717) is 25.9 Å². The largest absolute Gasteiger partial charge is 0.466 e. The van der Waals surface area contributed by atoms with E-state index in [1.165, 1.54) is 225 Å². The van der Waals surface area contributed by atoms with Crippen LogP contribution in [0.25, 0.3) is 0 Å². The third-order valence-electron chi connectivity index (χ3n) is 13.3. The lowest BCUT2D eigenvalue weighted by Gasteiger charge is -2.22. The third-order valence-corrected chi connectivity index (χ3v) is 13.3. The van der Waals surface area contributed by atoms with Crippen LogP contribution in [0, 0.1) is 0 Å². The van der Waals surface area contributed by atoms with Gasteiger partial charge < -0.3 is 20.3 Å². The van der Waals surface area contributed by atoms with Crippen molar-refractivity contribution in [3.05, 3.63) is 12.2 Å². The number of allylic oxidation sites excluding steroid dienone is 2. The Kier molecular flexibility index (Phi) is 52.0. The monoisotopic (exact) mass is 890 g/mol. The highest BCUT2D eigenvalue weighted by Gasteiger charge is 2.20. The van der Waals surface area contributed by atoms with Gasteiger partial charge in [-0.3, -0.25) is 9.59 Å². The van der Waals surface area contributed by atoms with E-state index in [0.717, 1.165) is 57.8 Å². The molecule has 0 aromatic rings. The Morgan fingerprint density at radius 3 is 1.17 bits per heavy atom. The first-order valence-electron chi connectivity index (χ1n) is 28.4. The smallest absolute Gasteiger partial charge is 0.305 e. The maximum absolute atomic E-state index is 12.5. The molecule has 0 bridgehead atoms. The van der Waals surface area contributed by atoms with Gasteiger partial charge in [0.05, 0.1) is 25.4 Å². The Balaban J connectivity index is 3.45. The molecule has 1 amide bonds. The Bertz CT molecular complexity index is 939. The summed E-state index contributed by atoms with van der Waals surface area (Å²) in [5.74, 6) is -0.0669. The molecule has 2 atom stereocenters. The van der Waals surface area contributed by atoms with Gasteiger partial charge in [-0.2, -0.15) is 0 Å². The highest BCUT2D eigenvalue weighted by molar-refractivity contribution is 5.76. The minimum atomic E-state index is -0.675. The summed E-state index contributed by atoms with van der Waals surface area (Å²) in [4.78, 5) is 24.5. The van der Waals surface area contributed by atoms with Crippen LogP contribution in [-0.2, 0) is 14.3 Å². The standard InChI is InChI=1S/C57H111NO5/c1-3-5-7-9-11-13-15-16-17-18-19-20-21-22-23-24-25-26-30-33-37-41-45-49-55(60)54(53-59)58-56(61)50-46-42-38-34-31-27-28-32-36-40-44-48-52-63-57(62)51-47-43-39-35-29-14-12-10-8-6-4-2/h10,12,54-55,59-60H,3-9,11,13-53H2,1-2H3,(H,58,61)/b12-10-. The summed E-state index contributed by atoms with van der Waals surface area (Å²) in [6, 6.07) is -0.553. The maximum atomic E-state index is 12.5. The molecule has 63 heavy (non-hydrogen) atoms. The fraction of sp³-hybridized carbons (Fsp3) is 0.930. The van der Waals surface area contributed by atoms with Crippen molar-refractivity contribution in [2.45, 2.75) is 328 Å². The molecule has 0 saturated heterocycles. The normalized spacial score (nSPS) is 12.6. The van der Waals surface area contributed by atoms with Crippen LogP contribution in [0.15, 0.2) is 12.2 Å². The Morgan fingerprint density at radius 1 is 0.429 bits per heavy atom. The van der Waals surface area contributed by atoms with Gasteiger partial charge in [-0.15, -0.1) is 0 Å². The van der Waals surface area contributed by atoms with Gasteiger partial charge in [-0.05, 0) is 44.9 Å². The van der Waals surface area contributed by atoms with Crippen molar-refractivity contribution >= 4 is 11.9 Å². The van der Waals surface area contributed by atoms with Crippen LogP contribution in [0.5, 0.6) is 0 Å². The van der Waals surface area contributed by atoms with Gasteiger partial charge in [0.1, 0.15) is 0 Å². The molecule has 0 radical (unpaired) electrons. The van der Waals surface area contributed by atoms with Gasteiger partial charge in [-0.25, -0.2) is 0 Å². The van der Waals surface area contributed by atoms with E-state index in [2.05, 4.69) is 31.3 Å². The summed E-state index contributed by atoms with van der Waals surface area (Å²) < 4.78 is 5.44. The molecule has 374 valence electrons. The van der Waals surface area contributed by atoms with Crippen LogP contribution in [0.4, 0.5) is 0 Å². The van der Waals surface area contributed by atoms with Crippen LogP contribution in [0.1, 0.15) is 316 Å². The summed E-state index contributed by atoms with van der Waals surface area (Å²) >= 11 is 0. The molecule has 0 aromatic carbocycles. The summed E-state index contributed by atoms with van der Waals surface area (Å²) in [7, 11) is 0. The minimum Gasteiger partial charge on any atom is -0.466 e. The van der Waals surface area contributed by atoms with E-state index in [4.69, 9.17) is 4.74 Å². The predicted molar refractivity (Wildman–Crippen MR) is 273 cm³/mol. The highest BCUT2D eigenvalue weighted by Crippen LogP contribution is 2.18. The first kappa shape index (κ1) is 61.6. The number of amides is 1. The molecular formula is C57H111NO5. The topological polar surface area (TPSA) is 95.9 Å². The average Bonchev–Trinajstić information content (AvgIpc) is 3.28. The number of esters is 1. The second-order valence-electron chi connectivity index (χ2n) is 19.6. The fourth-order valence-corrected chi connectivity index (χ4v) is 8.92. The van der Waals surface area contributed by atoms with Gasteiger partial charge in [0.25, 0.3) is 0 Å². The van der Waals surface area contributed by atoms with E-state index < -0.39 is 12.1 Å². The summed E-state index contributed by atoms with van der Waals surface area (Å²) in [5, 5.41) is 23.3. The first-order valence-corrected chi connectivity index (χ1v) is 28.4. The third kappa shape index (κ3) is 49.9. The van der Waals surface area contributed by atoms with Crippen LogP contribution in [-0.4, -0.2) is 47.4 Å². The highest BCUT2D eigenvalue weighted by atomic mass is 16.5. The van der Waals surface area contributed by atoms with Gasteiger partial charge in [0, 0.05) is 12.8 Å². The molecular weight excluding hydrogens is 779 g/mol. The molecule has 0 aliphatic carbocycles. The summed E-state index contributed by atoms with van der Waals surface area (Å²) in [6.07, 6.45) is 62.0. The molecule has 6 nitrogen and oxygen atoms in total. The Labute approximate surface area is 393 Å². The molecule has 0 spiro atoms. The van der Waals surface area contributed by atoms with Gasteiger partial charge in [0.15, 0.2) is 0 Å². The number of hydrogen-bond donors (Lipinski definition) is 3. The number of unbranched alkanes of at least 4 members (excludes halogenated alkanes) is 40. The van der Waals surface area contributed by atoms with Gasteiger partial charge in [0.2, 0.25) is 5.91 Å². The van der Waals surface area contributed by atoms with E-state index in [9.17, 15) is 19.8 Å². The SMILES string of the molecule is CCCC/C=C\CCCCCCCC(=O)OCCCCCCCCCCCCCCC(=O)NC(CO)C(O)CCCCCCCCCCCCCCCCCCCCCCCCC. The lowest BCUT2D eigenvalue weighted by Crippen LogP contribution is -2.45. The number of aliphatic hydroxyl groups excluding tert-OH is 2. The average molecular weight is 891 g/mol.